The topological polar surface area (TPSA) is 0 Å². The van der Waals surface area contributed by atoms with Gasteiger partial charge in [-0.25, -0.2) is 0 Å². The SMILES string of the molecule is C=Cc1ccc(-c2cccc(-c3ccc(C=C)cc3)c2-c2ccc(C=C)cc2)cc1. The van der Waals surface area contributed by atoms with Crippen molar-refractivity contribution in [1.82, 2.24) is 0 Å². The molecule has 0 radical (unpaired) electrons. The van der Waals surface area contributed by atoms with E-state index in [9.17, 15) is 0 Å². The molecule has 0 atom stereocenters. The zero-order valence-electron chi connectivity index (χ0n) is 17.0. The highest BCUT2D eigenvalue weighted by Crippen LogP contribution is 2.40. The molecule has 0 aliphatic rings. The van der Waals surface area contributed by atoms with Crippen LogP contribution >= 0.6 is 0 Å². The summed E-state index contributed by atoms with van der Waals surface area (Å²) < 4.78 is 0. The van der Waals surface area contributed by atoms with Gasteiger partial charge < -0.3 is 0 Å². The van der Waals surface area contributed by atoms with Crippen LogP contribution < -0.4 is 0 Å². The average molecular weight is 385 g/mol. The van der Waals surface area contributed by atoms with E-state index in [4.69, 9.17) is 0 Å². The van der Waals surface area contributed by atoms with Crippen molar-refractivity contribution in [3.63, 3.8) is 0 Å². The second kappa shape index (κ2) is 8.63. The van der Waals surface area contributed by atoms with Gasteiger partial charge in [-0.05, 0) is 50.1 Å². The normalized spacial score (nSPS) is 10.4. The molecular weight excluding hydrogens is 360 g/mol. The van der Waals surface area contributed by atoms with Crippen molar-refractivity contribution >= 4 is 18.2 Å². The van der Waals surface area contributed by atoms with E-state index in [2.05, 4.69) is 111 Å². The summed E-state index contributed by atoms with van der Waals surface area (Å²) in [6.07, 6.45) is 5.62. The number of benzene rings is 4. The number of rotatable bonds is 6. The third kappa shape index (κ3) is 3.81. The highest BCUT2D eigenvalue weighted by molar-refractivity contribution is 5.94. The Morgan fingerprint density at radius 2 is 0.733 bits per heavy atom. The summed E-state index contributed by atoms with van der Waals surface area (Å²) in [7, 11) is 0. The summed E-state index contributed by atoms with van der Waals surface area (Å²) in [6, 6.07) is 32.2. The molecule has 0 nitrogen and oxygen atoms in total. The molecule has 4 aromatic carbocycles. The molecule has 0 heteroatoms. The first-order valence-electron chi connectivity index (χ1n) is 10.0. The van der Waals surface area contributed by atoms with Crippen LogP contribution in [-0.2, 0) is 0 Å². The molecule has 0 unspecified atom stereocenters. The minimum Gasteiger partial charge on any atom is -0.0985 e. The van der Waals surface area contributed by atoms with Crippen LogP contribution in [0.3, 0.4) is 0 Å². The first kappa shape index (κ1) is 19.4. The van der Waals surface area contributed by atoms with E-state index in [1.165, 1.54) is 33.4 Å². The summed E-state index contributed by atoms with van der Waals surface area (Å²) in [5, 5.41) is 0. The molecule has 0 N–H and O–H groups in total. The van der Waals surface area contributed by atoms with Crippen LogP contribution in [0.4, 0.5) is 0 Å². The van der Waals surface area contributed by atoms with Crippen LogP contribution in [0.15, 0.2) is 111 Å². The van der Waals surface area contributed by atoms with Gasteiger partial charge in [-0.3, -0.25) is 0 Å². The lowest BCUT2D eigenvalue weighted by molar-refractivity contribution is 1.54. The first-order valence-corrected chi connectivity index (χ1v) is 10.0. The van der Waals surface area contributed by atoms with Crippen LogP contribution in [0.2, 0.25) is 0 Å². The van der Waals surface area contributed by atoms with E-state index in [-0.39, 0.29) is 0 Å². The van der Waals surface area contributed by atoms with E-state index in [1.54, 1.807) is 0 Å². The fourth-order valence-electron chi connectivity index (χ4n) is 3.73. The number of hydrogen-bond donors (Lipinski definition) is 0. The molecular formula is C30H24. The van der Waals surface area contributed by atoms with Crippen molar-refractivity contribution in [1.29, 1.82) is 0 Å². The van der Waals surface area contributed by atoms with Crippen molar-refractivity contribution in [2.24, 2.45) is 0 Å². The number of hydrogen-bond acceptors (Lipinski definition) is 0. The van der Waals surface area contributed by atoms with Crippen molar-refractivity contribution in [3.8, 4) is 33.4 Å². The van der Waals surface area contributed by atoms with Crippen molar-refractivity contribution < 1.29 is 0 Å². The van der Waals surface area contributed by atoms with Gasteiger partial charge in [-0.15, -0.1) is 0 Å². The molecule has 0 heterocycles. The molecule has 0 aliphatic carbocycles. The Morgan fingerprint density at radius 1 is 0.400 bits per heavy atom. The van der Waals surface area contributed by atoms with Crippen molar-refractivity contribution in [2.75, 3.05) is 0 Å². The minimum absolute atomic E-state index is 1.11. The second-order valence-corrected chi connectivity index (χ2v) is 7.21. The van der Waals surface area contributed by atoms with E-state index >= 15 is 0 Å². The molecule has 0 fully saturated rings. The van der Waals surface area contributed by atoms with E-state index in [0.29, 0.717) is 0 Å². The Kier molecular flexibility index (Phi) is 5.59. The summed E-state index contributed by atoms with van der Waals surface area (Å²) in [5.74, 6) is 0. The molecule has 4 aromatic rings. The molecule has 0 bridgehead atoms. The maximum atomic E-state index is 3.88. The van der Waals surface area contributed by atoms with E-state index in [1.807, 2.05) is 18.2 Å². The van der Waals surface area contributed by atoms with Gasteiger partial charge in [0.1, 0.15) is 0 Å². The largest absolute Gasteiger partial charge is 0.0985 e. The van der Waals surface area contributed by atoms with Gasteiger partial charge in [0.15, 0.2) is 0 Å². The average Bonchev–Trinajstić information content (AvgIpc) is 2.84. The Balaban J connectivity index is 1.95. The van der Waals surface area contributed by atoms with Gasteiger partial charge >= 0.3 is 0 Å². The Labute approximate surface area is 179 Å². The van der Waals surface area contributed by atoms with Crippen molar-refractivity contribution in [3.05, 3.63) is 127 Å². The maximum absolute atomic E-state index is 3.88. The first-order chi connectivity index (χ1) is 14.7. The second-order valence-electron chi connectivity index (χ2n) is 7.21. The summed E-state index contributed by atoms with van der Waals surface area (Å²) in [5.41, 5.74) is 10.6. The standard InChI is InChI=1S/C30H24/c1-4-22-10-16-25(17-11-22)28-8-7-9-29(26-18-12-23(5-2)13-19-26)30(28)27-20-14-24(6-3)15-21-27/h4-21H,1-3H2. The van der Waals surface area contributed by atoms with Gasteiger partial charge in [0.25, 0.3) is 0 Å². The lowest BCUT2D eigenvalue weighted by Gasteiger charge is -2.17. The smallest absolute Gasteiger partial charge is 0.00268 e. The minimum atomic E-state index is 1.11. The monoisotopic (exact) mass is 384 g/mol. The molecule has 144 valence electrons. The molecule has 30 heavy (non-hydrogen) atoms. The van der Waals surface area contributed by atoms with E-state index < -0.39 is 0 Å². The predicted octanol–water partition coefficient (Wildman–Crippen LogP) is 8.62. The fourth-order valence-corrected chi connectivity index (χ4v) is 3.73. The molecule has 4 rings (SSSR count). The van der Waals surface area contributed by atoms with Crippen LogP contribution in [0.1, 0.15) is 16.7 Å². The van der Waals surface area contributed by atoms with Crippen LogP contribution in [0.25, 0.3) is 51.6 Å². The van der Waals surface area contributed by atoms with Gasteiger partial charge in [0, 0.05) is 0 Å². The Hall–Kier alpha value is -3.90. The van der Waals surface area contributed by atoms with Crippen LogP contribution in [0.5, 0.6) is 0 Å². The lowest BCUT2D eigenvalue weighted by Crippen LogP contribution is -1.91. The van der Waals surface area contributed by atoms with Crippen molar-refractivity contribution in [2.45, 2.75) is 0 Å². The highest BCUT2D eigenvalue weighted by Gasteiger charge is 2.14. The van der Waals surface area contributed by atoms with Crippen LogP contribution in [-0.4, -0.2) is 0 Å². The third-order valence-electron chi connectivity index (χ3n) is 5.41. The molecule has 0 saturated carbocycles. The van der Waals surface area contributed by atoms with Crippen LogP contribution in [0, 0.1) is 0 Å². The van der Waals surface area contributed by atoms with Gasteiger partial charge in [0.05, 0.1) is 0 Å². The Bertz CT molecular complexity index is 1120. The van der Waals surface area contributed by atoms with Gasteiger partial charge in [-0.1, -0.05) is 129 Å². The zero-order chi connectivity index (χ0) is 20.9. The summed E-state index contributed by atoms with van der Waals surface area (Å²) >= 11 is 0. The predicted molar refractivity (Wildman–Crippen MR) is 133 cm³/mol. The fraction of sp³-hybridized carbons (Fsp3) is 0. The van der Waals surface area contributed by atoms with E-state index in [0.717, 1.165) is 16.7 Å². The third-order valence-corrected chi connectivity index (χ3v) is 5.41. The molecule has 0 saturated heterocycles. The summed E-state index contributed by atoms with van der Waals surface area (Å²) in [6.45, 7) is 11.6. The molecule has 0 aliphatic heterocycles. The molecule has 0 amide bonds. The van der Waals surface area contributed by atoms with Gasteiger partial charge in [-0.2, -0.15) is 0 Å². The quantitative estimate of drug-likeness (QED) is 0.312. The molecule has 0 aromatic heterocycles. The lowest BCUT2D eigenvalue weighted by atomic mass is 9.87. The maximum Gasteiger partial charge on any atom is -0.00268 e. The Morgan fingerprint density at radius 3 is 1.07 bits per heavy atom. The molecule has 0 spiro atoms. The zero-order valence-corrected chi connectivity index (χ0v) is 17.0. The van der Waals surface area contributed by atoms with Gasteiger partial charge in [0.2, 0.25) is 0 Å². The summed E-state index contributed by atoms with van der Waals surface area (Å²) in [4.78, 5) is 0. The highest BCUT2D eigenvalue weighted by atomic mass is 14.2.